The molecule has 0 unspecified atom stereocenters. The molecule has 120 valence electrons. The number of carbonyl (C=O) groups is 1. The van der Waals surface area contributed by atoms with Crippen LogP contribution in [0.5, 0.6) is 5.88 Å². The number of aromatic hydroxyl groups is 1. The molecule has 3 rings (SSSR count). The standard InChI is InChI=1S/C15H10N4O5/c20-14-13(9-7-8(15(21)22)5-6-10(9)16-14)18-17-11-3-1-2-4-12(11)19(23)24/h1-7,16,20H,(H,21,22). The quantitative estimate of drug-likeness (QED) is 0.379. The van der Waals surface area contributed by atoms with Gasteiger partial charge in [0.1, 0.15) is 0 Å². The Bertz CT molecular complexity index is 993. The molecular weight excluding hydrogens is 316 g/mol. The number of benzene rings is 2. The van der Waals surface area contributed by atoms with Gasteiger partial charge in [0, 0.05) is 11.5 Å². The Kier molecular flexibility index (Phi) is 3.66. The summed E-state index contributed by atoms with van der Waals surface area (Å²) >= 11 is 0. The van der Waals surface area contributed by atoms with Crippen molar-refractivity contribution in [2.24, 2.45) is 10.2 Å². The summed E-state index contributed by atoms with van der Waals surface area (Å²) in [5.74, 6) is -1.44. The van der Waals surface area contributed by atoms with Gasteiger partial charge in [-0.25, -0.2) is 4.79 Å². The first-order valence-electron chi connectivity index (χ1n) is 6.70. The van der Waals surface area contributed by atoms with Crippen molar-refractivity contribution in [2.45, 2.75) is 0 Å². The molecular formula is C15H10N4O5. The van der Waals surface area contributed by atoms with Crippen LogP contribution in [0.3, 0.4) is 0 Å². The predicted octanol–water partition coefficient (Wildman–Crippen LogP) is 3.90. The summed E-state index contributed by atoms with van der Waals surface area (Å²) in [5, 5.41) is 37.9. The van der Waals surface area contributed by atoms with E-state index in [1.807, 2.05) is 0 Å². The van der Waals surface area contributed by atoms with E-state index < -0.39 is 10.9 Å². The number of nitro groups is 1. The summed E-state index contributed by atoms with van der Waals surface area (Å²) in [7, 11) is 0. The lowest BCUT2D eigenvalue weighted by Gasteiger charge is -1.97. The number of aromatic carboxylic acids is 1. The summed E-state index contributed by atoms with van der Waals surface area (Å²) in [4.78, 5) is 24.1. The highest BCUT2D eigenvalue weighted by molar-refractivity contribution is 5.99. The molecule has 0 aliphatic rings. The van der Waals surface area contributed by atoms with Crippen molar-refractivity contribution in [2.75, 3.05) is 0 Å². The topological polar surface area (TPSA) is 141 Å². The SMILES string of the molecule is O=C(O)c1ccc2[nH]c(O)c(N=Nc3ccccc3[N+](=O)[O-])c2c1. The Hall–Kier alpha value is -3.75. The Morgan fingerprint density at radius 2 is 1.92 bits per heavy atom. The molecule has 2 aromatic carbocycles. The second-order valence-corrected chi connectivity index (χ2v) is 4.83. The van der Waals surface area contributed by atoms with E-state index in [0.717, 1.165) is 0 Å². The van der Waals surface area contributed by atoms with Gasteiger partial charge in [0.2, 0.25) is 5.88 Å². The fraction of sp³-hybridized carbons (Fsp3) is 0. The van der Waals surface area contributed by atoms with Crippen LogP contribution >= 0.6 is 0 Å². The number of para-hydroxylation sites is 1. The summed E-state index contributed by atoms with van der Waals surface area (Å²) in [6, 6.07) is 9.97. The number of aromatic nitrogens is 1. The van der Waals surface area contributed by atoms with Crippen molar-refractivity contribution in [1.29, 1.82) is 0 Å². The summed E-state index contributed by atoms with van der Waals surface area (Å²) in [6.07, 6.45) is 0. The maximum atomic E-state index is 11.1. The van der Waals surface area contributed by atoms with Crippen molar-refractivity contribution in [1.82, 2.24) is 4.98 Å². The monoisotopic (exact) mass is 326 g/mol. The number of azo groups is 1. The largest absolute Gasteiger partial charge is 0.493 e. The van der Waals surface area contributed by atoms with Crippen LogP contribution in [0.2, 0.25) is 0 Å². The second kappa shape index (κ2) is 5.80. The van der Waals surface area contributed by atoms with E-state index in [1.165, 1.54) is 36.4 Å². The third kappa shape index (κ3) is 2.65. The molecule has 0 fully saturated rings. The van der Waals surface area contributed by atoms with Gasteiger partial charge in [0.25, 0.3) is 5.69 Å². The maximum absolute atomic E-state index is 11.1. The van der Waals surface area contributed by atoms with Gasteiger partial charge in [0.15, 0.2) is 11.4 Å². The third-order valence-corrected chi connectivity index (χ3v) is 3.34. The molecule has 0 saturated heterocycles. The van der Waals surface area contributed by atoms with Gasteiger partial charge in [-0.2, -0.15) is 0 Å². The average Bonchev–Trinajstić information content (AvgIpc) is 2.87. The van der Waals surface area contributed by atoms with E-state index in [2.05, 4.69) is 15.2 Å². The fourth-order valence-corrected chi connectivity index (χ4v) is 2.20. The summed E-state index contributed by atoms with van der Waals surface area (Å²) < 4.78 is 0. The molecule has 3 N–H and O–H groups in total. The van der Waals surface area contributed by atoms with Crippen LogP contribution in [0, 0.1) is 10.1 Å². The lowest BCUT2D eigenvalue weighted by Crippen LogP contribution is -1.94. The van der Waals surface area contributed by atoms with E-state index in [1.54, 1.807) is 6.07 Å². The van der Waals surface area contributed by atoms with Gasteiger partial charge in [-0.05, 0) is 24.3 Å². The number of carboxylic acids is 1. The Labute approximate surface area is 134 Å². The van der Waals surface area contributed by atoms with Crippen LogP contribution in [-0.4, -0.2) is 26.1 Å². The lowest BCUT2D eigenvalue weighted by atomic mass is 10.1. The summed E-state index contributed by atoms with van der Waals surface area (Å²) in [5.41, 5.74) is 0.279. The van der Waals surface area contributed by atoms with E-state index in [0.29, 0.717) is 10.9 Å². The molecule has 0 bridgehead atoms. The molecule has 1 heterocycles. The van der Waals surface area contributed by atoms with E-state index >= 15 is 0 Å². The van der Waals surface area contributed by atoms with Gasteiger partial charge in [-0.1, -0.05) is 12.1 Å². The lowest BCUT2D eigenvalue weighted by molar-refractivity contribution is -0.384. The minimum absolute atomic E-state index is 0.00579. The molecule has 9 heteroatoms. The smallest absolute Gasteiger partial charge is 0.335 e. The Morgan fingerprint density at radius 3 is 2.62 bits per heavy atom. The van der Waals surface area contributed by atoms with Gasteiger partial charge in [0.05, 0.1) is 16.0 Å². The minimum Gasteiger partial charge on any atom is -0.493 e. The average molecular weight is 326 g/mol. The number of fused-ring (bicyclic) bond motifs is 1. The molecule has 0 amide bonds. The van der Waals surface area contributed by atoms with Crippen LogP contribution in [0.25, 0.3) is 10.9 Å². The third-order valence-electron chi connectivity index (χ3n) is 3.34. The van der Waals surface area contributed by atoms with Crippen LogP contribution in [-0.2, 0) is 0 Å². The molecule has 0 radical (unpaired) electrons. The van der Waals surface area contributed by atoms with Gasteiger partial charge < -0.3 is 15.2 Å². The molecule has 0 aliphatic carbocycles. The van der Waals surface area contributed by atoms with Crippen molar-refractivity contribution < 1.29 is 19.9 Å². The van der Waals surface area contributed by atoms with Crippen LogP contribution in [0.1, 0.15) is 10.4 Å². The zero-order valence-electron chi connectivity index (χ0n) is 12.0. The number of hydrogen-bond acceptors (Lipinski definition) is 6. The highest BCUT2D eigenvalue weighted by atomic mass is 16.6. The number of aromatic amines is 1. The first kappa shape index (κ1) is 15.2. The number of nitrogens with one attached hydrogen (secondary N) is 1. The highest BCUT2D eigenvalue weighted by Gasteiger charge is 2.15. The molecule has 24 heavy (non-hydrogen) atoms. The number of H-pyrrole nitrogens is 1. The van der Waals surface area contributed by atoms with Gasteiger partial charge in [-0.3, -0.25) is 10.1 Å². The zero-order valence-corrected chi connectivity index (χ0v) is 12.0. The zero-order chi connectivity index (χ0) is 17.3. The number of nitrogens with zero attached hydrogens (tertiary/aromatic N) is 3. The number of rotatable bonds is 4. The molecule has 1 aromatic heterocycles. The minimum atomic E-state index is -1.13. The van der Waals surface area contributed by atoms with Crippen molar-refractivity contribution in [3.05, 3.63) is 58.1 Å². The molecule has 0 saturated carbocycles. The highest BCUT2D eigenvalue weighted by Crippen LogP contribution is 2.37. The van der Waals surface area contributed by atoms with Crippen molar-refractivity contribution >= 4 is 33.9 Å². The summed E-state index contributed by atoms with van der Waals surface area (Å²) in [6.45, 7) is 0. The molecule has 9 nitrogen and oxygen atoms in total. The molecule has 0 spiro atoms. The van der Waals surface area contributed by atoms with Gasteiger partial charge >= 0.3 is 5.97 Å². The van der Waals surface area contributed by atoms with Crippen LogP contribution < -0.4 is 0 Å². The molecule has 3 aromatic rings. The van der Waals surface area contributed by atoms with Crippen LogP contribution in [0.15, 0.2) is 52.7 Å². The number of hydrogen-bond donors (Lipinski definition) is 3. The maximum Gasteiger partial charge on any atom is 0.335 e. The predicted molar refractivity (Wildman–Crippen MR) is 84.2 cm³/mol. The number of carboxylic acid groups (broad SMARTS) is 1. The van der Waals surface area contributed by atoms with Gasteiger partial charge in [-0.15, -0.1) is 10.2 Å². The van der Waals surface area contributed by atoms with E-state index in [-0.39, 0.29) is 28.5 Å². The fourth-order valence-electron chi connectivity index (χ4n) is 2.20. The first-order valence-corrected chi connectivity index (χ1v) is 6.70. The van der Waals surface area contributed by atoms with Crippen LogP contribution in [0.4, 0.5) is 17.1 Å². The Morgan fingerprint density at radius 1 is 1.17 bits per heavy atom. The van der Waals surface area contributed by atoms with Crippen molar-refractivity contribution in [3.8, 4) is 5.88 Å². The van der Waals surface area contributed by atoms with E-state index in [9.17, 15) is 20.0 Å². The molecule has 0 aliphatic heterocycles. The molecule has 0 atom stereocenters. The van der Waals surface area contributed by atoms with E-state index in [4.69, 9.17) is 5.11 Å². The normalized spacial score (nSPS) is 11.2. The number of nitro benzene ring substituents is 1. The Balaban J connectivity index is 2.10. The second-order valence-electron chi connectivity index (χ2n) is 4.83. The first-order chi connectivity index (χ1) is 11.5. The van der Waals surface area contributed by atoms with Crippen molar-refractivity contribution in [3.63, 3.8) is 0 Å².